The third-order valence-electron chi connectivity index (χ3n) is 6.90. The average molecular weight is 668 g/mol. The second-order valence-corrected chi connectivity index (χ2v) is 10.3. The first-order chi connectivity index (χ1) is 23.1. The summed E-state index contributed by atoms with van der Waals surface area (Å²) >= 11 is 0. The van der Waals surface area contributed by atoms with Crippen molar-refractivity contribution in [1.29, 1.82) is 0 Å². The number of carbonyl (C=O) groups is 3. The average Bonchev–Trinajstić information content (AvgIpc) is 3.09. The van der Waals surface area contributed by atoms with E-state index in [0.717, 1.165) is 11.1 Å². The molecule has 0 bridgehead atoms. The van der Waals surface area contributed by atoms with Crippen LogP contribution in [0.5, 0.6) is 5.75 Å². The minimum absolute atomic E-state index is 0. The first-order valence-corrected chi connectivity index (χ1v) is 14.3. The molecule has 49 heavy (non-hydrogen) atoms. The number of carboxylic acids is 2. The molecule has 0 unspecified atom stereocenters. The Morgan fingerprint density at radius 2 is 1.39 bits per heavy atom. The van der Waals surface area contributed by atoms with Crippen molar-refractivity contribution < 1.29 is 58.9 Å². The van der Waals surface area contributed by atoms with Crippen molar-refractivity contribution in [2.24, 2.45) is 25.6 Å². The smallest absolute Gasteiger partial charge is 0.482 e. The Labute approximate surface area is 301 Å². The maximum absolute atomic E-state index is 11.6. The normalized spacial score (nSPS) is 13.4. The van der Waals surface area contributed by atoms with Crippen LogP contribution < -0.4 is 51.2 Å². The van der Waals surface area contributed by atoms with Crippen LogP contribution in [0.3, 0.4) is 0 Å². The number of hydrogen-bond donors (Lipinski definition) is 5. The van der Waals surface area contributed by atoms with Gasteiger partial charge in [-0.05, 0) is 96.4 Å². The summed E-state index contributed by atoms with van der Waals surface area (Å²) in [5, 5.41) is 39.1. The van der Waals surface area contributed by atoms with Crippen molar-refractivity contribution in [3.8, 4) is 16.9 Å². The quantitative estimate of drug-likeness (QED) is 0.0388. The van der Waals surface area contributed by atoms with Gasteiger partial charge in [-0.15, -0.1) is 10.2 Å². The van der Waals surface area contributed by atoms with E-state index < -0.39 is 24.3 Å². The third-order valence-corrected chi connectivity index (χ3v) is 6.90. The molecule has 0 radical (unpaired) electrons. The van der Waals surface area contributed by atoms with E-state index in [1.165, 1.54) is 18.2 Å². The number of allylic oxidation sites excluding steroid dienone is 3. The first-order valence-electron chi connectivity index (χ1n) is 14.3. The maximum Gasteiger partial charge on any atom is 1.00 e. The zero-order valence-electron chi connectivity index (χ0n) is 26.4. The molecule has 14 nitrogen and oxygen atoms in total. The van der Waals surface area contributed by atoms with Gasteiger partial charge in [-0.2, -0.15) is 15.3 Å². The molecular formula is C34H28N8NaO6+. The van der Waals surface area contributed by atoms with E-state index in [4.69, 9.17) is 26.4 Å². The number of aliphatic carboxylic acids is 2. The molecule has 240 valence electrons. The summed E-state index contributed by atoms with van der Waals surface area (Å²) in [5.41, 5.74) is 20.9. The van der Waals surface area contributed by atoms with Gasteiger partial charge in [0.05, 0.1) is 34.1 Å². The number of nitrogens with zero attached hydrogens (tertiary/aromatic N) is 5. The van der Waals surface area contributed by atoms with Crippen LogP contribution in [0.4, 0.5) is 39.8 Å². The third kappa shape index (κ3) is 9.32. The number of nitrogens with one attached hydrogen (secondary N) is 1. The minimum atomic E-state index is -1.31. The predicted molar refractivity (Wildman–Crippen MR) is 181 cm³/mol. The van der Waals surface area contributed by atoms with Crippen LogP contribution in [0.2, 0.25) is 0 Å². The first kappa shape index (κ1) is 35.9. The van der Waals surface area contributed by atoms with Gasteiger partial charge < -0.3 is 26.4 Å². The van der Waals surface area contributed by atoms with Gasteiger partial charge in [-0.1, -0.05) is 24.3 Å². The van der Waals surface area contributed by atoms with Gasteiger partial charge in [-0.3, -0.25) is 10.2 Å². The number of nitrogen functional groups attached to an aromatic ring is 2. The fourth-order valence-electron chi connectivity index (χ4n) is 4.32. The standard InChI is InChI=1S/C34H28N8O6.Na/c1-19-16-28(32(36)33(31(19)35)42-39-24-10-13-26(14-11-24)48-18-30(44)45)41-38-23-8-4-21(5-9-23)20-2-6-22(7-3-20)37-40-25-12-15-29(43)27(17-25)34(46)47;/h2-17,37H,18,35-36H2,1H3,(H,44,45)(H,46,47);/q;+1/b40-25-,41-38?,42-39?;. The van der Waals surface area contributed by atoms with Crippen molar-refractivity contribution >= 4 is 63.2 Å². The van der Waals surface area contributed by atoms with Gasteiger partial charge in [-0.25, -0.2) is 9.59 Å². The number of benzene rings is 4. The molecule has 0 fully saturated rings. The fourth-order valence-corrected chi connectivity index (χ4v) is 4.32. The Bertz CT molecular complexity index is 2040. The van der Waals surface area contributed by atoms with E-state index in [9.17, 15) is 14.4 Å². The number of rotatable bonds is 11. The number of ketones is 1. The number of anilines is 3. The van der Waals surface area contributed by atoms with Crippen LogP contribution >= 0.6 is 0 Å². The summed E-state index contributed by atoms with van der Waals surface area (Å²) in [6, 6.07) is 22.9. The van der Waals surface area contributed by atoms with Crippen molar-refractivity contribution in [1.82, 2.24) is 0 Å². The zero-order chi connectivity index (χ0) is 34.2. The monoisotopic (exact) mass is 667 g/mol. The Morgan fingerprint density at radius 1 is 0.796 bits per heavy atom. The van der Waals surface area contributed by atoms with Gasteiger partial charge >= 0.3 is 41.5 Å². The van der Waals surface area contributed by atoms with Gasteiger partial charge in [0.15, 0.2) is 12.4 Å². The van der Waals surface area contributed by atoms with E-state index in [2.05, 4.69) is 31.0 Å². The van der Waals surface area contributed by atoms with Crippen LogP contribution in [0.1, 0.15) is 5.56 Å². The minimum Gasteiger partial charge on any atom is -0.482 e. The summed E-state index contributed by atoms with van der Waals surface area (Å²) < 4.78 is 5.12. The molecule has 5 rings (SSSR count). The maximum atomic E-state index is 11.6. The Hall–Kier alpha value is -5.96. The molecule has 0 saturated carbocycles. The predicted octanol–water partition coefficient (Wildman–Crippen LogP) is 4.04. The van der Waals surface area contributed by atoms with Gasteiger partial charge in [0, 0.05) is 0 Å². The van der Waals surface area contributed by atoms with Crippen molar-refractivity contribution in [2.75, 3.05) is 23.5 Å². The Balaban J connectivity index is 0.00000541. The summed E-state index contributed by atoms with van der Waals surface area (Å²) in [7, 11) is 0. The van der Waals surface area contributed by atoms with Crippen LogP contribution in [-0.2, 0) is 14.4 Å². The SMILES string of the molecule is Cc1cc(N=Nc2ccc(-c3ccc(N/N=C4/C=CC(=O)C(C(=O)O)=C4)cc3)cc2)c(N)c(N=Nc2ccc(OCC(=O)O)cc2)c1N.[Na+]. The van der Waals surface area contributed by atoms with Crippen LogP contribution in [0, 0.1) is 6.92 Å². The molecule has 0 spiro atoms. The Kier molecular flexibility index (Phi) is 11.9. The molecule has 15 heteroatoms. The number of carbonyl (C=O) groups excluding carboxylic acids is 1. The Morgan fingerprint density at radius 3 is 2.00 bits per heavy atom. The zero-order valence-corrected chi connectivity index (χ0v) is 28.4. The van der Waals surface area contributed by atoms with E-state index >= 15 is 0 Å². The van der Waals surface area contributed by atoms with Crippen LogP contribution in [0.15, 0.2) is 128 Å². The number of ether oxygens (including phenoxy) is 1. The number of hydrogen-bond acceptors (Lipinski definition) is 12. The molecule has 0 saturated heterocycles. The fraction of sp³-hybridized carbons (Fsp3) is 0.0588. The van der Waals surface area contributed by atoms with E-state index in [1.807, 2.05) is 48.5 Å². The van der Waals surface area contributed by atoms with Crippen molar-refractivity contribution in [3.63, 3.8) is 0 Å². The van der Waals surface area contributed by atoms with E-state index in [-0.39, 0.29) is 46.5 Å². The molecule has 0 atom stereocenters. The van der Waals surface area contributed by atoms with Gasteiger partial charge in [0.2, 0.25) is 0 Å². The molecule has 0 heterocycles. The summed E-state index contributed by atoms with van der Waals surface area (Å²) in [5.74, 6) is -2.58. The van der Waals surface area contributed by atoms with Crippen molar-refractivity contribution in [3.05, 3.63) is 108 Å². The molecule has 1 aliphatic rings. The molecule has 0 amide bonds. The molecular weight excluding hydrogens is 639 g/mol. The molecule has 1 aliphatic carbocycles. The van der Waals surface area contributed by atoms with E-state index in [1.54, 1.807) is 37.3 Å². The molecule has 0 aliphatic heterocycles. The molecule has 0 aromatic heterocycles. The van der Waals surface area contributed by atoms with E-state index in [0.29, 0.717) is 45.5 Å². The summed E-state index contributed by atoms with van der Waals surface area (Å²) in [6.45, 7) is 1.34. The van der Waals surface area contributed by atoms with Crippen LogP contribution in [-0.4, -0.2) is 40.3 Å². The number of aryl methyl sites for hydroxylation is 1. The van der Waals surface area contributed by atoms with Gasteiger partial charge in [0.25, 0.3) is 0 Å². The van der Waals surface area contributed by atoms with Crippen LogP contribution in [0.25, 0.3) is 11.1 Å². The topological polar surface area (TPSA) is 227 Å². The molecule has 4 aromatic carbocycles. The summed E-state index contributed by atoms with van der Waals surface area (Å²) in [6.07, 6.45) is 3.82. The summed E-state index contributed by atoms with van der Waals surface area (Å²) in [4.78, 5) is 33.5. The molecule has 7 N–H and O–H groups in total. The number of nitrogens with two attached hydrogens (primary N) is 2. The molecule has 4 aromatic rings. The largest absolute Gasteiger partial charge is 1.00 e. The van der Waals surface area contributed by atoms with Crippen molar-refractivity contribution in [2.45, 2.75) is 6.92 Å². The number of azo groups is 2. The number of carboxylic acid groups (broad SMARTS) is 2. The second-order valence-electron chi connectivity index (χ2n) is 10.3. The van der Waals surface area contributed by atoms with Gasteiger partial charge in [0.1, 0.15) is 22.7 Å². The second kappa shape index (κ2) is 16.2. The number of hydrazone groups is 1.